The molecule has 1 saturated carbocycles. The summed E-state index contributed by atoms with van der Waals surface area (Å²) < 4.78 is 32.1. The van der Waals surface area contributed by atoms with Gasteiger partial charge in [-0.1, -0.05) is 19.8 Å². The highest BCUT2D eigenvalue weighted by Gasteiger charge is 2.51. The first-order valence-electron chi connectivity index (χ1n) is 6.48. The maximum Gasteiger partial charge on any atom is 0.377 e. The second kappa shape index (κ2) is 6.25. The molecule has 0 bridgehead atoms. The van der Waals surface area contributed by atoms with Gasteiger partial charge in [0.15, 0.2) is 0 Å². The lowest BCUT2D eigenvalue weighted by molar-refractivity contribution is -0.183. The van der Waals surface area contributed by atoms with Crippen LogP contribution in [-0.4, -0.2) is 24.3 Å². The molecule has 0 heterocycles. The van der Waals surface area contributed by atoms with Crippen LogP contribution in [0.3, 0.4) is 0 Å². The number of rotatable bonds is 5. The van der Waals surface area contributed by atoms with Gasteiger partial charge >= 0.3 is 11.9 Å². The lowest BCUT2D eigenvalue weighted by atomic mass is 9.76. The van der Waals surface area contributed by atoms with Crippen LogP contribution in [0.5, 0.6) is 0 Å². The van der Waals surface area contributed by atoms with Gasteiger partial charge in [0.25, 0.3) is 0 Å². The number of alkyl halides is 2. The molecule has 0 saturated heterocycles. The molecule has 1 rings (SSSR count). The molecular weight excluding hydrogens is 242 g/mol. The Labute approximate surface area is 106 Å². The van der Waals surface area contributed by atoms with E-state index in [0.717, 1.165) is 12.8 Å². The molecule has 0 spiro atoms. The summed E-state index contributed by atoms with van der Waals surface area (Å²) in [5, 5.41) is 0. The zero-order valence-electron chi connectivity index (χ0n) is 10.9. The average molecular weight is 262 g/mol. The fraction of sp³-hybridized carbons (Fsp3) is 0.846. The Morgan fingerprint density at radius 2 is 2.06 bits per heavy atom. The molecule has 0 aliphatic heterocycles. The number of esters is 1. The molecular formula is C13H20F2O3. The molecule has 0 N–H and O–H groups in total. The summed E-state index contributed by atoms with van der Waals surface area (Å²) in [4.78, 5) is 22.8. The lowest BCUT2D eigenvalue weighted by Crippen LogP contribution is -2.43. The Kier molecular flexibility index (Phi) is 5.23. The molecule has 3 nitrogen and oxygen atoms in total. The van der Waals surface area contributed by atoms with Gasteiger partial charge in [-0.15, -0.1) is 0 Å². The summed E-state index contributed by atoms with van der Waals surface area (Å²) in [6, 6.07) is 0. The van der Waals surface area contributed by atoms with E-state index in [-0.39, 0.29) is 31.1 Å². The predicted octanol–water partition coefficient (Wildman–Crippen LogP) is 2.97. The molecule has 1 aliphatic carbocycles. The largest absolute Gasteiger partial charge is 0.462 e. The van der Waals surface area contributed by atoms with Crippen LogP contribution in [0.25, 0.3) is 0 Å². The fourth-order valence-corrected chi connectivity index (χ4v) is 2.55. The number of carbonyl (C=O) groups is 2. The van der Waals surface area contributed by atoms with Crippen molar-refractivity contribution in [2.24, 2.45) is 11.8 Å². The van der Waals surface area contributed by atoms with Crippen LogP contribution < -0.4 is 0 Å². The molecule has 104 valence electrons. The van der Waals surface area contributed by atoms with Crippen molar-refractivity contribution in [2.75, 3.05) is 6.61 Å². The summed E-state index contributed by atoms with van der Waals surface area (Å²) >= 11 is 0. The number of Topliss-reactive ketones (excluding diaryl/α,β-unsaturated/α-hetero) is 1. The van der Waals surface area contributed by atoms with Gasteiger partial charge in [-0.25, -0.2) is 4.79 Å². The SMILES string of the molecule is CCCC1CC(=O)CC(C(F)(F)C(=O)OCC)C1. The molecule has 1 fully saturated rings. The normalized spacial score (nSPS) is 25.0. The molecule has 0 radical (unpaired) electrons. The summed E-state index contributed by atoms with van der Waals surface area (Å²) in [5.74, 6) is -6.44. The minimum Gasteiger partial charge on any atom is -0.462 e. The van der Waals surface area contributed by atoms with Gasteiger partial charge in [-0.2, -0.15) is 8.78 Å². The molecule has 0 aromatic carbocycles. The third-order valence-corrected chi connectivity index (χ3v) is 3.37. The second-order valence-electron chi connectivity index (χ2n) is 4.88. The molecule has 5 heteroatoms. The van der Waals surface area contributed by atoms with Gasteiger partial charge in [0, 0.05) is 18.8 Å². The van der Waals surface area contributed by atoms with E-state index >= 15 is 0 Å². The van der Waals surface area contributed by atoms with Crippen LogP contribution in [0.4, 0.5) is 8.78 Å². The van der Waals surface area contributed by atoms with Gasteiger partial charge in [-0.3, -0.25) is 4.79 Å². The Balaban J connectivity index is 2.74. The van der Waals surface area contributed by atoms with Crippen molar-refractivity contribution in [1.29, 1.82) is 0 Å². The van der Waals surface area contributed by atoms with E-state index in [2.05, 4.69) is 4.74 Å². The van der Waals surface area contributed by atoms with Crippen molar-refractivity contribution in [2.45, 2.75) is 51.9 Å². The number of hydrogen-bond acceptors (Lipinski definition) is 3. The predicted molar refractivity (Wildman–Crippen MR) is 62.3 cm³/mol. The molecule has 0 amide bonds. The molecule has 2 unspecified atom stereocenters. The highest BCUT2D eigenvalue weighted by molar-refractivity contribution is 5.83. The smallest absolute Gasteiger partial charge is 0.377 e. The number of ether oxygens (including phenoxy) is 1. The number of carbonyl (C=O) groups excluding carboxylic acids is 2. The number of ketones is 1. The van der Waals surface area contributed by atoms with E-state index < -0.39 is 17.8 Å². The maximum atomic E-state index is 13.9. The Bertz CT molecular complexity index is 315. The first-order chi connectivity index (χ1) is 8.41. The van der Waals surface area contributed by atoms with Gasteiger partial charge in [0.1, 0.15) is 5.78 Å². The minimum atomic E-state index is -3.54. The average Bonchev–Trinajstić information content (AvgIpc) is 2.29. The summed E-state index contributed by atoms with van der Waals surface area (Å²) in [6.45, 7) is 3.37. The number of halogens is 2. The first kappa shape index (κ1) is 15.1. The fourth-order valence-electron chi connectivity index (χ4n) is 2.55. The van der Waals surface area contributed by atoms with E-state index in [1.165, 1.54) is 6.92 Å². The van der Waals surface area contributed by atoms with Crippen LogP contribution in [0.1, 0.15) is 46.0 Å². The van der Waals surface area contributed by atoms with Crippen molar-refractivity contribution < 1.29 is 23.1 Å². The molecule has 0 aromatic rings. The molecule has 2 atom stereocenters. The van der Waals surface area contributed by atoms with Crippen molar-refractivity contribution in [3.63, 3.8) is 0 Å². The van der Waals surface area contributed by atoms with E-state index in [9.17, 15) is 18.4 Å². The van der Waals surface area contributed by atoms with Gasteiger partial charge in [-0.05, 0) is 19.3 Å². The second-order valence-corrected chi connectivity index (χ2v) is 4.88. The third-order valence-electron chi connectivity index (χ3n) is 3.37. The highest BCUT2D eigenvalue weighted by atomic mass is 19.3. The lowest BCUT2D eigenvalue weighted by Gasteiger charge is -2.32. The van der Waals surface area contributed by atoms with Crippen molar-refractivity contribution in [3.05, 3.63) is 0 Å². The highest BCUT2D eigenvalue weighted by Crippen LogP contribution is 2.39. The minimum absolute atomic E-state index is 0.0263. The maximum absolute atomic E-state index is 13.9. The van der Waals surface area contributed by atoms with Crippen molar-refractivity contribution in [3.8, 4) is 0 Å². The zero-order valence-corrected chi connectivity index (χ0v) is 10.9. The standard InChI is InChI=1S/C13H20F2O3/c1-3-5-9-6-10(8-11(16)7-9)13(14,15)12(17)18-4-2/h9-10H,3-8H2,1-2H3. The quantitative estimate of drug-likeness (QED) is 0.715. The van der Waals surface area contributed by atoms with Crippen LogP contribution >= 0.6 is 0 Å². The van der Waals surface area contributed by atoms with Gasteiger partial charge in [0.05, 0.1) is 6.61 Å². The van der Waals surface area contributed by atoms with Crippen molar-refractivity contribution >= 4 is 11.8 Å². The van der Waals surface area contributed by atoms with Crippen molar-refractivity contribution in [1.82, 2.24) is 0 Å². The third kappa shape index (κ3) is 3.50. The van der Waals surface area contributed by atoms with E-state index in [4.69, 9.17) is 0 Å². The summed E-state index contributed by atoms with van der Waals surface area (Å²) in [5.41, 5.74) is 0. The van der Waals surface area contributed by atoms with Crippen LogP contribution in [-0.2, 0) is 14.3 Å². The van der Waals surface area contributed by atoms with Crippen LogP contribution in [0.2, 0.25) is 0 Å². The van der Waals surface area contributed by atoms with Gasteiger partial charge < -0.3 is 4.74 Å². The summed E-state index contributed by atoms with van der Waals surface area (Å²) in [7, 11) is 0. The topological polar surface area (TPSA) is 43.4 Å². The van der Waals surface area contributed by atoms with Crippen LogP contribution in [0.15, 0.2) is 0 Å². The molecule has 18 heavy (non-hydrogen) atoms. The van der Waals surface area contributed by atoms with E-state index in [0.29, 0.717) is 6.42 Å². The monoisotopic (exact) mass is 262 g/mol. The Morgan fingerprint density at radius 3 is 2.61 bits per heavy atom. The summed E-state index contributed by atoms with van der Waals surface area (Å²) in [6.07, 6.45) is 1.98. The molecule has 0 aromatic heterocycles. The van der Waals surface area contributed by atoms with E-state index in [1.54, 1.807) is 0 Å². The Morgan fingerprint density at radius 1 is 1.39 bits per heavy atom. The van der Waals surface area contributed by atoms with E-state index in [1.807, 2.05) is 6.92 Å². The number of hydrogen-bond donors (Lipinski definition) is 0. The van der Waals surface area contributed by atoms with Gasteiger partial charge in [0.2, 0.25) is 0 Å². The molecule has 1 aliphatic rings. The Hall–Kier alpha value is -1.00. The first-order valence-corrected chi connectivity index (χ1v) is 6.48. The van der Waals surface area contributed by atoms with Crippen LogP contribution in [0, 0.1) is 11.8 Å². The zero-order chi connectivity index (χ0) is 13.8.